The van der Waals surface area contributed by atoms with Crippen LogP contribution in [0.2, 0.25) is 0 Å². The van der Waals surface area contributed by atoms with Gasteiger partial charge in [0.2, 0.25) is 5.89 Å². The highest BCUT2D eigenvalue weighted by Gasteiger charge is 2.19. The van der Waals surface area contributed by atoms with Crippen molar-refractivity contribution in [1.29, 1.82) is 0 Å². The average molecular weight is 371 g/mol. The zero-order valence-electron chi connectivity index (χ0n) is 14.1. The van der Waals surface area contributed by atoms with Crippen LogP contribution >= 0.6 is 12.2 Å². The van der Waals surface area contributed by atoms with Crippen LogP contribution in [0.5, 0.6) is 0 Å². The summed E-state index contributed by atoms with van der Waals surface area (Å²) in [7, 11) is 0. The molecule has 4 rings (SSSR count). The summed E-state index contributed by atoms with van der Waals surface area (Å²) in [6.45, 7) is 4.25. The predicted octanol–water partition coefficient (Wildman–Crippen LogP) is 3.19. The van der Waals surface area contributed by atoms with E-state index in [0.29, 0.717) is 23.0 Å². The molecule has 1 aliphatic rings. The Morgan fingerprint density at radius 2 is 1.69 bits per heavy atom. The van der Waals surface area contributed by atoms with Crippen molar-refractivity contribution in [2.45, 2.75) is 6.67 Å². The molecule has 1 aliphatic heterocycles. The van der Waals surface area contributed by atoms with E-state index < -0.39 is 0 Å². The number of hydrogen-bond acceptors (Lipinski definition) is 6. The van der Waals surface area contributed by atoms with Crippen molar-refractivity contribution in [3.05, 3.63) is 59.4 Å². The van der Waals surface area contributed by atoms with Crippen LogP contribution < -0.4 is 4.90 Å². The Balaban J connectivity index is 1.41. The van der Waals surface area contributed by atoms with Gasteiger partial charge in [-0.1, -0.05) is 0 Å². The number of pyridine rings is 1. The van der Waals surface area contributed by atoms with E-state index >= 15 is 0 Å². The van der Waals surface area contributed by atoms with Crippen LogP contribution in [0.3, 0.4) is 0 Å². The van der Waals surface area contributed by atoms with Crippen molar-refractivity contribution in [2.24, 2.45) is 0 Å². The van der Waals surface area contributed by atoms with E-state index in [-0.39, 0.29) is 5.82 Å². The average Bonchev–Trinajstić information content (AvgIpc) is 3.04. The van der Waals surface area contributed by atoms with Crippen molar-refractivity contribution in [3.63, 3.8) is 0 Å². The van der Waals surface area contributed by atoms with Crippen LogP contribution in [0, 0.1) is 10.7 Å². The van der Waals surface area contributed by atoms with E-state index in [0.717, 1.165) is 26.2 Å². The molecule has 26 heavy (non-hydrogen) atoms. The number of piperazine rings is 1. The van der Waals surface area contributed by atoms with Gasteiger partial charge in [-0.15, -0.1) is 5.10 Å². The van der Waals surface area contributed by atoms with Crippen LogP contribution in [0.1, 0.15) is 0 Å². The zero-order chi connectivity index (χ0) is 17.9. The third-order valence-electron chi connectivity index (χ3n) is 4.43. The highest BCUT2D eigenvalue weighted by Crippen LogP contribution is 2.19. The first-order valence-electron chi connectivity index (χ1n) is 8.40. The SMILES string of the molecule is Fc1ccc(-c2nn(CN3CCN(c4ccncc4)CC3)c(=S)o2)cc1. The highest BCUT2D eigenvalue weighted by molar-refractivity contribution is 7.71. The second-order valence-electron chi connectivity index (χ2n) is 6.13. The van der Waals surface area contributed by atoms with E-state index in [1.54, 1.807) is 16.8 Å². The van der Waals surface area contributed by atoms with Crippen molar-refractivity contribution < 1.29 is 8.81 Å². The van der Waals surface area contributed by atoms with Crippen molar-refractivity contribution in [1.82, 2.24) is 19.7 Å². The monoisotopic (exact) mass is 371 g/mol. The number of benzene rings is 1. The van der Waals surface area contributed by atoms with E-state index in [1.807, 2.05) is 24.5 Å². The maximum absolute atomic E-state index is 13.1. The standard InChI is InChI=1S/C18H18FN5OS/c19-15-3-1-14(2-4-15)17-21-24(18(26)25-17)13-22-9-11-23(12-10-22)16-5-7-20-8-6-16/h1-8H,9-13H2. The maximum Gasteiger partial charge on any atom is 0.288 e. The van der Waals surface area contributed by atoms with Gasteiger partial charge in [0, 0.05) is 49.8 Å². The van der Waals surface area contributed by atoms with Crippen molar-refractivity contribution in [2.75, 3.05) is 31.1 Å². The molecule has 0 radical (unpaired) electrons. The molecule has 3 heterocycles. The fraction of sp³-hybridized carbons (Fsp3) is 0.278. The first-order valence-corrected chi connectivity index (χ1v) is 8.81. The summed E-state index contributed by atoms with van der Waals surface area (Å²) in [6, 6.07) is 10.1. The van der Waals surface area contributed by atoms with Crippen LogP contribution in [-0.2, 0) is 6.67 Å². The molecule has 3 aromatic rings. The fourth-order valence-corrected chi connectivity index (χ4v) is 3.17. The predicted molar refractivity (Wildman–Crippen MR) is 98.7 cm³/mol. The lowest BCUT2D eigenvalue weighted by molar-refractivity contribution is 0.192. The molecule has 0 bridgehead atoms. The number of hydrogen-bond donors (Lipinski definition) is 0. The van der Waals surface area contributed by atoms with Gasteiger partial charge in [-0.2, -0.15) is 0 Å². The first kappa shape index (κ1) is 16.9. The van der Waals surface area contributed by atoms with Crippen molar-refractivity contribution in [3.8, 4) is 11.5 Å². The molecule has 1 aromatic carbocycles. The van der Waals surface area contributed by atoms with Crippen LogP contribution in [0.4, 0.5) is 10.1 Å². The molecule has 1 saturated heterocycles. The summed E-state index contributed by atoms with van der Waals surface area (Å²) in [5.41, 5.74) is 1.90. The summed E-state index contributed by atoms with van der Waals surface area (Å²) in [5, 5.41) is 4.44. The van der Waals surface area contributed by atoms with Gasteiger partial charge in [0.25, 0.3) is 4.84 Å². The second-order valence-corrected chi connectivity index (χ2v) is 6.48. The highest BCUT2D eigenvalue weighted by atomic mass is 32.1. The van der Waals surface area contributed by atoms with E-state index in [9.17, 15) is 4.39 Å². The third kappa shape index (κ3) is 3.66. The summed E-state index contributed by atoms with van der Waals surface area (Å²) in [6.07, 6.45) is 3.63. The number of aromatic nitrogens is 3. The van der Waals surface area contributed by atoms with Gasteiger partial charge in [0.1, 0.15) is 5.82 Å². The first-order chi connectivity index (χ1) is 12.7. The van der Waals surface area contributed by atoms with Gasteiger partial charge in [0.05, 0.1) is 6.67 Å². The van der Waals surface area contributed by atoms with Gasteiger partial charge in [-0.25, -0.2) is 9.07 Å². The molecule has 0 atom stereocenters. The molecule has 0 amide bonds. The normalized spacial score (nSPS) is 15.3. The van der Waals surface area contributed by atoms with Gasteiger partial charge in [-0.3, -0.25) is 9.88 Å². The van der Waals surface area contributed by atoms with Crippen molar-refractivity contribution >= 4 is 17.9 Å². The molecule has 0 aliphatic carbocycles. The second kappa shape index (κ2) is 7.35. The fourth-order valence-electron chi connectivity index (χ4n) is 3.00. The van der Waals surface area contributed by atoms with Gasteiger partial charge >= 0.3 is 0 Å². The quantitative estimate of drug-likeness (QED) is 0.657. The molecule has 0 N–H and O–H groups in total. The summed E-state index contributed by atoms with van der Waals surface area (Å²) in [5.74, 6) is 0.115. The Bertz CT molecular complexity index is 917. The smallest absolute Gasteiger partial charge is 0.288 e. The summed E-state index contributed by atoms with van der Waals surface area (Å²) < 4.78 is 20.3. The number of anilines is 1. The Kier molecular flexibility index (Phi) is 4.77. The van der Waals surface area contributed by atoms with Crippen LogP contribution in [0.25, 0.3) is 11.5 Å². The maximum atomic E-state index is 13.1. The lowest BCUT2D eigenvalue weighted by Gasteiger charge is -2.35. The molecule has 1 fully saturated rings. The Labute approximate surface area is 155 Å². The Morgan fingerprint density at radius 3 is 2.38 bits per heavy atom. The summed E-state index contributed by atoms with van der Waals surface area (Å²) >= 11 is 5.28. The molecule has 0 spiro atoms. The molecule has 8 heteroatoms. The number of halogens is 1. The molecular formula is C18H18FN5OS. The third-order valence-corrected chi connectivity index (χ3v) is 4.73. The van der Waals surface area contributed by atoms with Gasteiger partial charge < -0.3 is 9.32 Å². The zero-order valence-corrected chi connectivity index (χ0v) is 14.9. The van der Waals surface area contributed by atoms with Gasteiger partial charge in [-0.05, 0) is 48.6 Å². The lowest BCUT2D eigenvalue weighted by Crippen LogP contribution is -2.46. The lowest BCUT2D eigenvalue weighted by atomic mass is 10.2. The molecule has 2 aromatic heterocycles. The summed E-state index contributed by atoms with van der Waals surface area (Å²) in [4.78, 5) is 9.00. The van der Waals surface area contributed by atoms with E-state index in [2.05, 4.69) is 19.9 Å². The largest absolute Gasteiger partial charge is 0.409 e. The number of nitrogens with zero attached hydrogens (tertiary/aromatic N) is 5. The Hall–Kier alpha value is -2.58. The van der Waals surface area contributed by atoms with Gasteiger partial charge in [0.15, 0.2) is 0 Å². The Morgan fingerprint density at radius 1 is 1.00 bits per heavy atom. The molecule has 134 valence electrons. The molecule has 6 nitrogen and oxygen atoms in total. The van der Waals surface area contributed by atoms with E-state index in [1.165, 1.54) is 17.8 Å². The molecule has 0 saturated carbocycles. The molecular weight excluding hydrogens is 353 g/mol. The van der Waals surface area contributed by atoms with Crippen LogP contribution in [-0.4, -0.2) is 45.8 Å². The molecule has 0 unspecified atom stereocenters. The minimum absolute atomic E-state index is 0.293. The topological polar surface area (TPSA) is 50.3 Å². The minimum Gasteiger partial charge on any atom is -0.409 e. The van der Waals surface area contributed by atoms with E-state index in [4.69, 9.17) is 16.6 Å². The minimum atomic E-state index is -0.293. The number of rotatable bonds is 4. The van der Waals surface area contributed by atoms with Crippen LogP contribution in [0.15, 0.2) is 53.2 Å².